The van der Waals surface area contributed by atoms with E-state index in [9.17, 15) is 28.7 Å². The first-order chi connectivity index (χ1) is 24.0. The molecule has 7 rings (SSSR count). The molecule has 3 aromatic rings. The number of rotatable bonds is 9. The number of nitrogens with one attached hydrogen (secondary N) is 1. The van der Waals surface area contributed by atoms with Crippen molar-refractivity contribution in [1.29, 1.82) is 0 Å². The number of carboxylic acids is 1. The molecule has 13 heteroatoms. The van der Waals surface area contributed by atoms with Crippen LogP contribution in [0.15, 0.2) is 78.4 Å². The van der Waals surface area contributed by atoms with Crippen LogP contribution < -0.4 is 10.2 Å². The first-order valence-corrected chi connectivity index (χ1v) is 16.7. The van der Waals surface area contributed by atoms with Crippen molar-refractivity contribution in [3.63, 3.8) is 0 Å². The van der Waals surface area contributed by atoms with Gasteiger partial charge in [-0.25, -0.2) is 4.39 Å². The molecule has 2 aliphatic carbocycles. The number of amides is 4. The fraction of sp³-hybridized carbons (Fsp3) is 0.324. The topological polar surface area (TPSA) is 154 Å². The van der Waals surface area contributed by atoms with Crippen LogP contribution in [0.25, 0.3) is 0 Å². The van der Waals surface area contributed by atoms with Crippen molar-refractivity contribution in [2.45, 2.75) is 37.0 Å². The number of hydrogen-bond acceptors (Lipinski definition) is 8. The highest BCUT2D eigenvalue weighted by Gasteiger charge is 2.70. The van der Waals surface area contributed by atoms with Gasteiger partial charge in [-0.2, -0.15) is 5.01 Å². The van der Waals surface area contributed by atoms with Gasteiger partial charge in [0, 0.05) is 35.5 Å². The number of aromatic hydroxyl groups is 1. The van der Waals surface area contributed by atoms with E-state index in [1.807, 2.05) is 6.08 Å². The second kappa shape index (κ2) is 12.6. The number of halogens is 2. The minimum atomic E-state index is -1.61. The molecule has 1 saturated carbocycles. The minimum absolute atomic E-state index is 0.0423. The Morgan fingerprint density at radius 2 is 1.72 bits per heavy atom. The maximum Gasteiger partial charge on any atom is 0.303 e. The lowest BCUT2D eigenvalue weighted by Gasteiger charge is -2.50. The van der Waals surface area contributed by atoms with Gasteiger partial charge in [-0.05, 0) is 73.2 Å². The summed E-state index contributed by atoms with van der Waals surface area (Å²) >= 11 is 6.32. The molecule has 3 aromatic carbocycles. The molecule has 0 unspecified atom stereocenters. The zero-order chi connectivity index (χ0) is 35.5. The molecule has 2 heterocycles. The smallest absolute Gasteiger partial charge is 0.303 e. The van der Waals surface area contributed by atoms with Crippen LogP contribution in [0.5, 0.6) is 11.5 Å². The molecule has 6 atom stereocenters. The number of carbonyl (C=O) groups excluding carboxylic acids is 4. The van der Waals surface area contributed by atoms with Gasteiger partial charge in [-0.3, -0.25) is 34.3 Å². The van der Waals surface area contributed by atoms with Crippen LogP contribution in [-0.4, -0.2) is 63.4 Å². The summed E-state index contributed by atoms with van der Waals surface area (Å²) in [5, 5.41) is 20.9. The highest BCUT2D eigenvalue weighted by molar-refractivity contribution is 6.30. The predicted octanol–water partition coefficient (Wildman–Crippen LogP) is 5.04. The van der Waals surface area contributed by atoms with Crippen molar-refractivity contribution >= 4 is 46.9 Å². The van der Waals surface area contributed by atoms with Crippen LogP contribution >= 0.6 is 11.6 Å². The van der Waals surface area contributed by atoms with Gasteiger partial charge in [0.25, 0.3) is 11.8 Å². The average Bonchev–Trinajstić information content (AvgIpc) is 3.46. The number of phenolic OH excluding ortho intramolecular Hbond substituents is 1. The Labute approximate surface area is 291 Å². The number of phenols is 1. The number of hydrazine groups is 1. The Kier molecular flexibility index (Phi) is 8.37. The molecule has 2 saturated heterocycles. The molecule has 0 radical (unpaired) electrons. The quantitative estimate of drug-likeness (QED) is 0.206. The molecular weight excluding hydrogens is 669 g/mol. The molecule has 11 nitrogen and oxygen atoms in total. The highest BCUT2D eigenvalue weighted by Crippen LogP contribution is 2.65. The maximum atomic E-state index is 15.2. The largest absolute Gasteiger partial charge is 0.508 e. The molecule has 0 bridgehead atoms. The average molecular weight is 702 g/mol. The number of aliphatic carboxylic acids is 1. The molecule has 0 aromatic heterocycles. The maximum absolute atomic E-state index is 15.2. The van der Waals surface area contributed by atoms with Crippen molar-refractivity contribution in [1.82, 2.24) is 9.91 Å². The number of likely N-dealkylation sites (tertiary alicyclic amines) is 1. The zero-order valence-electron chi connectivity index (χ0n) is 26.8. The van der Waals surface area contributed by atoms with E-state index in [1.165, 1.54) is 43.5 Å². The van der Waals surface area contributed by atoms with Gasteiger partial charge in [-0.15, -0.1) is 0 Å². The Morgan fingerprint density at radius 3 is 2.40 bits per heavy atom. The second-order valence-corrected chi connectivity index (χ2v) is 13.6. The summed E-state index contributed by atoms with van der Waals surface area (Å²) in [6, 6.07) is 16.4. The Hall–Kier alpha value is -5.23. The molecule has 3 fully saturated rings. The fourth-order valence-corrected chi connectivity index (χ4v) is 8.74. The fourth-order valence-electron chi connectivity index (χ4n) is 8.61. The predicted molar refractivity (Wildman–Crippen MR) is 177 cm³/mol. The van der Waals surface area contributed by atoms with Gasteiger partial charge in [-0.1, -0.05) is 41.4 Å². The third kappa shape index (κ3) is 5.12. The second-order valence-electron chi connectivity index (χ2n) is 13.1. The SMILES string of the molecule is COc1cc(O)ccc1[C@H]1C2=CC[C@@H]3C(=O)N(CCCC(=O)O)C(=O)[C@@H]3[C@@H]2C[C@H]2C(=O)N(Nc3ccc(F)cc3)C(=O)[C@@]12c1ccc(Cl)cc1. The molecule has 4 aliphatic rings. The van der Waals surface area contributed by atoms with E-state index in [4.69, 9.17) is 21.4 Å². The summed E-state index contributed by atoms with van der Waals surface area (Å²) in [4.78, 5) is 69.9. The van der Waals surface area contributed by atoms with Crippen LogP contribution in [0, 0.1) is 29.5 Å². The van der Waals surface area contributed by atoms with Gasteiger partial charge >= 0.3 is 5.97 Å². The van der Waals surface area contributed by atoms with E-state index in [-0.39, 0.29) is 49.6 Å². The molecule has 4 amide bonds. The van der Waals surface area contributed by atoms with E-state index in [0.29, 0.717) is 27.4 Å². The molecule has 0 spiro atoms. The van der Waals surface area contributed by atoms with Crippen molar-refractivity contribution in [3.05, 3.63) is 100 Å². The Balaban J connectivity index is 1.42. The number of carbonyl (C=O) groups is 5. The number of fused-ring (bicyclic) bond motifs is 4. The summed E-state index contributed by atoms with van der Waals surface area (Å²) in [6.45, 7) is -0.0425. The van der Waals surface area contributed by atoms with E-state index in [2.05, 4.69) is 5.43 Å². The normalized spacial score (nSPS) is 27.1. The lowest BCUT2D eigenvalue weighted by Crippen LogP contribution is -2.53. The van der Waals surface area contributed by atoms with Crippen molar-refractivity contribution in [2.24, 2.45) is 23.7 Å². The van der Waals surface area contributed by atoms with E-state index < -0.39 is 64.5 Å². The van der Waals surface area contributed by atoms with Crippen LogP contribution in [0.3, 0.4) is 0 Å². The van der Waals surface area contributed by atoms with Gasteiger partial charge < -0.3 is 14.9 Å². The molecule has 50 heavy (non-hydrogen) atoms. The summed E-state index contributed by atoms with van der Waals surface area (Å²) < 4.78 is 19.6. The van der Waals surface area contributed by atoms with Gasteiger partial charge in [0.1, 0.15) is 17.3 Å². The number of ether oxygens (including phenoxy) is 1. The summed E-state index contributed by atoms with van der Waals surface area (Å²) in [5.41, 5.74) is 3.23. The molecular formula is C37H33ClFN3O8. The first kappa shape index (κ1) is 33.3. The number of benzene rings is 3. The van der Waals surface area contributed by atoms with E-state index in [1.54, 1.807) is 30.3 Å². The Morgan fingerprint density at radius 1 is 1.00 bits per heavy atom. The molecule has 258 valence electrons. The molecule has 3 N–H and O–H groups in total. The number of allylic oxidation sites excluding steroid dienone is 2. The molecule has 2 aliphatic heterocycles. The van der Waals surface area contributed by atoms with Gasteiger partial charge in [0.2, 0.25) is 11.8 Å². The minimum Gasteiger partial charge on any atom is -0.508 e. The van der Waals surface area contributed by atoms with Gasteiger partial charge in [0.15, 0.2) is 0 Å². The number of hydrogen-bond donors (Lipinski definition) is 3. The zero-order valence-corrected chi connectivity index (χ0v) is 27.6. The Bertz CT molecular complexity index is 1950. The van der Waals surface area contributed by atoms with Crippen LogP contribution in [-0.2, 0) is 29.4 Å². The third-order valence-electron chi connectivity index (χ3n) is 10.6. The van der Waals surface area contributed by atoms with Gasteiger partial charge in [0.05, 0.1) is 36.0 Å². The number of nitrogens with zero attached hydrogens (tertiary/aromatic N) is 2. The third-order valence-corrected chi connectivity index (χ3v) is 10.9. The first-order valence-electron chi connectivity index (χ1n) is 16.3. The standard InChI is InChI=1S/C37H33ClFN3O8/c1-50-29-17-23(43)12-13-25(29)32-24-14-15-26-31(35(48)41(33(26)46)16-2-3-30(44)45)27(24)18-28-34(47)42(40-22-10-8-21(39)9-11-22)36(49)37(28,32)19-4-6-20(38)7-5-19/h4-14,17,26-28,31-32,40,43H,2-3,15-16,18H2,1H3,(H,44,45)/t26-,27+,28-,31-,32+,37+/m0/s1. The number of carboxylic acid groups (broad SMARTS) is 1. The van der Waals surface area contributed by atoms with Crippen LogP contribution in [0.1, 0.15) is 42.7 Å². The van der Waals surface area contributed by atoms with Crippen LogP contribution in [0.4, 0.5) is 10.1 Å². The lowest BCUT2D eigenvalue weighted by molar-refractivity contribution is -0.142. The number of methoxy groups -OCH3 is 1. The lowest BCUT2D eigenvalue weighted by atomic mass is 9.49. The van der Waals surface area contributed by atoms with Crippen LogP contribution in [0.2, 0.25) is 5.02 Å². The highest BCUT2D eigenvalue weighted by atomic mass is 35.5. The van der Waals surface area contributed by atoms with Crippen molar-refractivity contribution in [3.8, 4) is 11.5 Å². The summed E-state index contributed by atoms with van der Waals surface area (Å²) in [7, 11) is 1.43. The summed E-state index contributed by atoms with van der Waals surface area (Å²) in [5.74, 6) is -7.54. The number of imide groups is 2. The van der Waals surface area contributed by atoms with E-state index >= 15 is 4.79 Å². The monoisotopic (exact) mass is 701 g/mol. The summed E-state index contributed by atoms with van der Waals surface area (Å²) in [6.07, 6.45) is 2.01. The van der Waals surface area contributed by atoms with E-state index in [0.717, 1.165) is 9.91 Å². The van der Waals surface area contributed by atoms with Crippen molar-refractivity contribution < 1.29 is 43.3 Å². The van der Waals surface area contributed by atoms with Crippen molar-refractivity contribution in [2.75, 3.05) is 19.1 Å². The number of anilines is 1.